The van der Waals surface area contributed by atoms with Crippen LogP contribution in [-0.2, 0) is 0 Å². The summed E-state index contributed by atoms with van der Waals surface area (Å²) >= 11 is 3.53. The van der Waals surface area contributed by atoms with Crippen LogP contribution in [0.3, 0.4) is 0 Å². The summed E-state index contributed by atoms with van der Waals surface area (Å²) in [7, 11) is 2.10. The van der Waals surface area contributed by atoms with Gasteiger partial charge in [0.2, 0.25) is 0 Å². The molecule has 1 aromatic rings. The van der Waals surface area contributed by atoms with E-state index >= 15 is 0 Å². The van der Waals surface area contributed by atoms with E-state index in [9.17, 15) is 0 Å². The lowest BCUT2D eigenvalue weighted by atomic mass is 10.4. The van der Waals surface area contributed by atoms with E-state index in [-0.39, 0.29) is 0 Å². The Morgan fingerprint density at radius 3 is 2.88 bits per heavy atom. The third-order valence-electron chi connectivity index (χ3n) is 3.05. The van der Waals surface area contributed by atoms with Gasteiger partial charge in [-0.3, -0.25) is 0 Å². The molecule has 0 unspecified atom stereocenters. The van der Waals surface area contributed by atoms with Crippen LogP contribution in [0.15, 0.2) is 22.8 Å². The largest absolute Gasteiger partial charge is 0.357 e. The van der Waals surface area contributed by atoms with Crippen molar-refractivity contribution in [1.29, 1.82) is 0 Å². The van der Waals surface area contributed by atoms with Gasteiger partial charge in [-0.2, -0.15) is 0 Å². The summed E-state index contributed by atoms with van der Waals surface area (Å²) in [5, 5.41) is 0. The molecule has 0 bridgehead atoms. The average Bonchev–Trinajstić information content (AvgIpc) is 2.79. The normalized spacial score (nSPS) is 16.6. The Kier molecular flexibility index (Phi) is 4.18. The Bertz CT molecular complexity index is 337. The molecule has 0 aliphatic carbocycles. The fourth-order valence-corrected chi connectivity index (χ4v) is 2.62. The maximum atomic E-state index is 4.38. The van der Waals surface area contributed by atoms with E-state index in [4.69, 9.17) is 0 Å². The predicted octanol–water partition coefficient (Wildman–Crippen LogP) is 2.38. The van der Waals surface area contributed by atoms with Crippen LogP contribution in [-0.4, -0.2) is 43.1 Å². The molecule has 0 radical (unpaired) electrons. The van der Waals surface area contributed by atoms with Crippen LogP contribution >= 0.6 is 15.9 Å². The SMILES string of the molecule is CN(CCN1CCCC1)c1ncccc1Br. The van der Waals surface area contributed by atoms with Crippen LogP contribution in [0.25, 0.3) is 0 Å². The monoisotopic (exact) mass is 283 g/mol. The zero-order valence-electron chi connectivity index (χ0n) is 9.69. The highest BCUT2D eigenvalue weighted by Gasteiger charge is 2.13. The van der Waals surface area contributed by atoms with Gasteiger partial charge >= 0.3 is 0 Å². The molecule has 0 atom stereocenters. The van der Waals surface area contributed by atoms with Crippen molar-refractivity contribution in [3.63, 3.8) is 0 Å². The lowest BCUT2D eigenvalue weighted by Crippen LogP contribution is -2.31. The zero-order valence-corrected chi connectivity index (χ0v) is 11.3. The molecular weight excluding hydrogens is 266 g/mol. The third-order valence-corrected chi connectivity index (χ3v) is 3.67. The molecule has 1 aliphatic rings. The first-order valence-electron chi connectivity index (χ1n) is 5.81. The second-order valence-corrected chi connectivity index (χ2v) is 5.13. The van der Waals surface area contributed by atoms with Gasteiger partial charge in [0.1, 0.15) is 5.82 Å². The van der Waals surface area contributed by atoms with Crippen molar-refractivity contribution in [2.45, 2.75) is 12.8 Å². The van der Waals surface area contributed by atoms with Crippen LogP contribution in [0, 0.1) is 0 Å². The minimum atomic E-state index is 1.03. The number of rotatable bonds is 4. The van der Waals surface area contributed by atoms with Crippen LogP contribution in [0.1, 0.15) is 12.8 Å². The van der Waals surface area contributed by atoms with Gasteiger partial charge in [0.15, 0.2) is 0 Å². The van der Waals surface area contributed by atoms with Crippen molar-refractivity contribution in [2.24, 2.45) is 0 Å². The molecule has 3 nitrogen and oxygen atoms in total. The Morgan fingerprint density at radius 1 is 1.44 bits per heavy atom. The number of pyridine rings is 1. The number of nitrogens with zero attached hydrogens (tertiary/aromatic N) is 3. The molecule has 2 heterocycles. The van der Waals surface area contributed by atoms with Crippen molar-refractivity contribution >= 4 is 21.7 Å². The van der Waals surface area contributed by atoms with Gasteiger partial charge in [0, 0.05) is 26.3 Å². The first-order valence-corrected chi connectivity index (χ1v) is 6.60. The molecule has 4 heteroatoms. The predicted molar refractivity (Wildman–Crippen MR) is 70.9 cm³/mol. The van der Waals surface area contributed by atoms with E-state index in [2.05, 4.69) is 37.8 Å². The lowest BCUT2D eigenvalue weighted by molar-refractivity contribution is 0.346. The Morgan fingerprint density at radius 2 is 2.19 bits per heavy atom. The summed E-state index contributed by atoms with van der Waals surface area (Å²) in [6.07, 6.45) is 4.56. The number of hydrogen-bond acceptors (Lipinski definition) is 3. The number of hydrogen-bond donors (Lipinski definition) is 0. The number of likely N-dealkylation sites (tertiary alicyclic amines) is 1. The molecule has 2 rings (SSSR count). The van der Waals surface area contributed by atoms with Crippen molar-refractivity contribution in [1.82, 2.24) is 9.88 Å². The number of anilines is 1. The molecule has 1 aliphatic heterocycles. The van der Waals surface area contributed by atoms with E-state index in [0.717, 1.165) is 23.4 Å². The van der Waals surface area contributed by atoms with E-state index in [1.165, 1.54) is 25.9 Å². The quantitative estimate of drug-likeness (QED) is 0.846. The van der Waals surface area contributed by atoms with Gasteiger partial charge < -0.3 is 9.80 Å². The number of halogens is 1. The van der Waals surface area contributed by atoms with E-state index in [1.807, 2.05) is 18.3 Å². The van der Waals surface area contributed by atoms with Crippen molar-refractivity contribution in [2.75, 3.05) is 38.1 Å². The first kappa shape index (κ1) is 11.9. The second-order valence-electron chi connectivity index (χ2n) is 4.28. The highest BCUT2D eigenvalue weighted by Crippen LogP contribution is 2.21. The van der Waals surface area contributed by atoms with Gasteiger partial charge in [-0.15, -0.1) is 0 Å². The van der Waals surface area contributed by atoms with Gasteiger partial charge in [0.25, 0.3) is 0 Å². The molecule has 88 valence electrons. The van der Waals surface area contributed by atoms with Crippen LogP contribution in [0.5, 0.6) is 0 Å². The van der Waals surface area contributed by atoms with Gasteiger partial charge in [-0.1, -0.05) is 0 Å². The molecular formula is C12H18BrN3. The molecule has 0 amide bonds. The summed E-state index contributed by atoms with van der Waals surface area (Å²) in [4.78, 5) is 9.12. The lowest BCUT2D eigenvalue weighted by Gasteiger charge is -2.22. The molecule has 0 aromatic carbocycles. The summed E-state index contributed by atoms with van der Waals surface area (Å²) in [6, 6.07) is 3.98. The van der Waals surface area contributed by atoms with E-state index in [0.29, 0.717) is 0 Å². The maximum Gasteiger partial charge on any atom is 0.142 e. The molecule has 0 N–H and O–H groups in total. The summed E-state index contributed by atoms with van der Waals surface area (Å²) in [5.74, 6) is 1.03. The molecule has 0 spiro atoms. The fraction of sp³-hybridized carbons (Fsp3) is 0.583. The van der Waals surface area contributed by atoms with E-state index < -0.39 is 0 Å². The molecule has 16 heavy (non-hydrogen) atoms. The Balaban J connectivity index is 1.87. The molecule has 1 saturated heterocycles. The van der Waals surface area contributed by atoms with Crippen LogP contribution in [0.2, 0.25) is 0 Å². The standard InChI is InChI=1S/C12H18BrN3/c1-15(9-10-16-7-2-3-8-16)12-11(13)5-4-6-14-12/h4-6H,2-3,7-10H2,1H3. The van der Waals surface area contributed by atoms with Crippen molar-refractivity contribution in [3.8, 4) is 0 Å². The minimum absolute atomic E-state index is 1.03. The number of likely N-dealkylation sites (N-methyl/N-ethyl adjacent to an activating group) is 1. The summed E-state index contributed by atoms with van der Waals surface area (Å²) < 4.78 is 1.07. The minimum Gasteiger partial charge on any atom is -0.357 e. The summed E-state index contributed by atoms with van der Waals surface area (Å²) in [6.45, 7) is 4.70. The molecule has 1 fully saturated rings. The highest BCUT2D eigenvalue weighted by molar-refractivity contribution is 9.10. The van der Waals surface area contributed by atoms with Gasteiger partial charge in [-0.25, -0.2) is 4.98 Å². The fourth-order valence-electron chi connectivity index (χ4n) is 2.06. The van der Waals surface area contributed by atoms with Gasteiger partial charge in [-0.05, 0) is 54.0 Å². The third kappa shape index (κ3) is 2.95. The highest BCUT2D eigenvalue weighted by atomic mass is 79.9. The topological polar surface area (TPSA) is 19.4 Å². The molecule has 1 aromatic heterocycles. The van der Waals surface area contributed by atoms with Crippen LogP contribution in [0.4, 0.5) is 5.82 Å². The molecule has 0 saturated carbocycles. The van der Waals surface area contributed by atoms with E-state index in [1.54, 1.807) is 0 Å². The number of aromatic nitrogens is 1. The average molecular weight is 284 g/mol. The first-order chi connectivity index (χ1) is 7.77. The van der Waals surface area contributed by atoms with Crippen molar-refractivity contribution in [3.05, 3.63) is 22.8 Å². The Hall–Kier alpha value is -0.610. The Labute approximate surface area is 106 Å². The van der Waals surface area contributed by atoms with Gasteiger partial charge in [0.05, 0.1) is 4.47 Å². The summed E-state index contributed by atoms with van der Waals surface area (Å²) in [5.41, 5.74) is 0. The smallest absolute Gasteiger partial charge is 0.142 e. The maximum absolute atomic E-state index is 4.38. The second kappa shape index (κ2) is 5.64. The van der Waals surface area contributed by atoms with Crippen LogP contribution < -0.4 is 4.90 Å². The van der Waals surface area contributed by atoms with Crippen molar-refractivity contribution < 1.29 is 0 Å². The zero-order chi connectivity index (χ0) is 11.4.